The van der Waals surface area contributed by atoms with Gasteiger partial charge in [0.15, 0.2) is 0 Å². The van der Waals surface area contributed by atoms with Crippen LogP contribution in [0, 0.1) is 0 Å². The molecule has 22 heavy (non-hydrogen) atoms. The summed E-state index contributed by atoms with van der Waals surface area (Å²) in [6.07, 6.45) is -4.65. The number of sulfonamides is 1. The Kier molecular flexibility index (Phi) is 6.33. The zero-order valence-corrected chi connectivity index (χ0v) is 12.2. The molecule has 0 heterocycles. The van der Waals surface area contributed by atoms with Gasteiger partial charge in [0.05, 0.1) is 18.8 Å². The summed E-state index contributed by atoms with van der Waals surface area (Å²) in [5.74, 6) is -0.839. The number of hydrogen-bond acceptors (Lipinski definition) is 4. The van der Waals surface area contributed by atoms with Crippen LogP contribution in [0.4, 0.5) is 18.9 Å². The lowest BCUT2D eigenvalue weighted by Crippen LogP contribution is -2.20. The molecule has 0 aliphatic heterocycles. The van der Waals surface area contributed by atoms with Crippen molar-refractivity contribution in [1.29, 1.82) is 0 Å². The highest BCUT2D eigenvalue weighted by Crippen LogP contribution is 2.15. The molecule has 6 nitrogen and oxygen atoms in total. The van der Waals surface area contributed by atoms with Crippen LogP contribution in [0.3, 0.4) is 0 Å². The quantitative estimate of drug-likeness (QED) is 0.733. The van der Waals surface area contributed by atoms with Crippen LogP contribution in [0.15, 0.2) is 24.3 Å². The molecule has 0 unspecified atom stereocenters. The topological polar surface area (TPSA) is 98.5 Å². The Labute approximate surface area is 125 Å². The first-order chi connectivity index (χ1) is 10.1. The first-order valence-corrected chi connectivity index (χ1v) is 7.80. The van der Waals surface area contributed by atoms with E-state index in [1.165, 1.54) is 24.3 Å². The van der Waals surface area contributed by atoms with Gasteiger partial charge in [-0.15, -0.1) is 0 Å². The molecule has 0 aliphatic carbocycles. The third kappa shape index (κ3) is 8.60. The molecule has 1 rings (SSSR count). The zero-order valence-electron chi connectivity index (χ0n) is 11.4. The van der Waals surface area contributed by atoms with E-state index in [-0.39, 0.29) is 18.8 Å². The highest BCUT2D eigenvalue weighted by Gasteiger charge is 2.27. The lowest BCUT2D eigenvalue weighted by Gasteiger charge is -2.08. The Balaban J connectivity index is 2.39. The molecule has 0 saturated carbocycles. The van der Waals surface area contributed by atoms with Gasteiger partial charge < -0.3 is 10.1 Å². The van der Waals surface area contributed by atoms with Crippen LogP contribution < -0.4 is 10.5 Å². The van der Waals surface area contributed by atoms with Crippen LogP contribution in [-0.2, 0) is 25.3 Å². The summed E-state index contributed by atoms with van der Waals surface area (Å²) in [4.78, 5) is 11.5. The molecule has 124 valence electrons. The van der Waals surface area contributed by atoms with Crippen LogP contribution in [0.5, 0.6) is 0 Å². The Morgan fingerprint density at radius 3 is 2.32 bits per heavy atom. The fourth-order valence-electron chi connectivity index (χ4n) is 1.49. The molecule has 0 saturated heterocycles. The van der Waals surface area contributed by atoms with Gasteiger partial charge in [0.25, 0.3) is 0 Å². The zero-order chi connectivity index (χ0) is 16.8. The van der Waals surface area contributed by atoms with Crippen molar-refractivity contribution >= 4 is 21.6 Å². The van der Waals surface area contributed by atoms with Gasteiger partial charge >= 0.3 is 6.18 Å². The van der Waals surface area contributed by atoms with E-state index in [0.717, 1.165) is 0 Å². The van der Waals surface area contributed by atoms with Gasteiger partial charge in [-0.3, -0.25) is 4.79 Å². The average molecular weight is 340 g/mol. The van der Waals surface area contributed by atoms with Gasteiger partial charge in [0.2, 0.25) is 15.9 Å². The van der Waals surface area contributed by atoms with Crippen molar-refractivity contribution in [2.24, 2.45) is 5.14 Å². The number of carbonyl (C=O) groups excluding carboxylic acids is 1. The van der Waals surface area contributed by atoms with Gasteiger partial charge in [0, 0.05) is 5.69 Å². The van der Waals surface area contributed by atoms with E-state index in [9.17, 15) is 26.4 Å². The van der Waals surface area contributed by atoms with Crippen molar-refractivity contribution in [3.63, 3.8) is 0 Å². The van der Waals surface area contributed by atoms with E-state index in [4.69, 9.17) is 5.14 Å². The van der Waals surface area contributed by atoms with Gasteiger partial charge in [-0.05, 0) is 17.7 Å². The van der Waals surface area contributed by atoms with Gasteiger partial charge in [0.1, 0.15) is 6.61 Å². The molecule has 0 aromatic heterocycles. The molecule has 1 amide bonds. The fraction of sp³-hybridized carbons (Fsp3) is 0.417. The van der Waals surface area contributed by atoms with Crippen molar-refractivity contribution < 1.29 is 31.1 Å². The second-order valence-electron chi connectivity index (χ2n) is 4.47. The van der Waals surface area contributed by atoms with E-state index in [1.807, 2.05) is 0 Å². The Hall–Kier alpha value is -1.65. The Morgan fingerprint density at radius 2 is 1.82 bits per heavy atom. The van der Waals surface area contributed by atoms with Crippen molar-refractivity contribution in [1.82, 2.24) is 0 Å². The Bertz CT molecular complexity index is 600. The molecular weight excluding hydrogens is 325 g/mol. The smallest absolute Gasteiger partial charge is 0.372 e. The molecule has 0 fully saturated rings. The predicted octanol–water partition coefficient (Wildman–Crippen LogP) is 1.38. The number of nitrogens with one attached hydrogen (secondary N) is 1. The van der Waals surface area contributed by atoms with E-state index >= 15 is 0 Å². The van der Waals surface area contributed by atoms with E-state index < -0.39 is 28.7 Å². The number of amides is 1. The molecule has 0 radical (unpaired) electrons. The Morgan fingerprint density at radius 1 is 1.23 bits per heavy atom. The van der Waals surface area contributed by atoms with Crippen LogP contribution in [-0.4, -0.2) is 33.7 Å². The first-order valence-electron chi connectivity index (χ1n) is 6.09. The van der Waals surface area contributed by atoms with Crippen molar-refractivity contribution in [2.75, 3.05) is 18.5 Å². The largest absolute Gasteiger partial charge is 0.411 e. The third-order valence-corrected chi connectivity index (χ3v) is 3.08. The van der Waals surface area contributed by atoms with Crippen molar-refractivity contribution in [3.05, 3.63) is 29.8 Å². The van der Waals surface area contributed by atoms with Crippen LogP contribution >= 0.6 is 0 Å². The molecule has 1 aromatic rings. The fourth-order valence-corrected chi connectivity index (χ4v) is 2.15. The minimum absolute atomic E-state index is 0.227. The summed E-state index contributed by atoms with van der Waals surface area (Å²) >= 11 is 0. The maximum absolute atomic E-state index is 11.8. The van der Waals surface area contributed by atoms with Gasteiger partial charge in [-0.2, -0.15) is 13.2 Å². The molecule has 0 aliphatic rings. The molecule has 1 aromatic carbocycles. The number of hydrogen-bond donors (Lipinski definition) is 2. The summed E-state index contributed by atoms with van der Waals surface area (Å²) in [5.41, 5.74) is 0.841. The maximum Gasteiger partial charge on any atom is 0.411 e. The van der Waals surface area contributed by atoms with Crippen molar-refractivity contribution in [3.8, 4) is 0 Å². The maximum atomic E-state index is 11.8. The lowest BCUT2D eigenvalue weighted by atomic mass is 10.2. The summed E-state index contributed by atoms with van der Waals surface area (Å²) in [7, 11) is -3.64. The lowest BCUT2D eigenvalue weighted by molar-refractivity contribution is -0.174. The number of halogens is 3. The molecule has 0 spiro atoms. The van der Waals surface area contributed by atoms with Gasteiger partial charge in [-0.1, -0.05) is 12.1 Å². The molecule has 0 bridgehead atoms. The van der Waals surface area contributed by atoms with Crippen LogP contribution in [0.25, 0.3) is 0 Å². The standard InChI is InChI=1S/C12H15F3N2O4S/c13-12(14,15)8-21-6-5-11(18)17-10-3-1-9(2-4-10)7-22(16,19)20/h1-4H,5-8H2,(H,17,18)(H2,16,19,20). The number of rotatable bonds is 7. The number of carbonyl (C=O) groups is 1. The number of primary sulfonamides is 1. The highest BCUT2D eigenvalue weighted by molar-refractivity contribution is 7.88. The molecule has 10 heteroatoms. The molecule has 3 N–H and O–H groups in total. The van der Waals surface area contributed by atoms with Crippen LogP contribution in [0.1, 0.15) is 12.0 Å². The second-order valence-corrected chi connectivity index (χ2v) is 6.08. The molecule has 0 atom stereocenters. The third-order valence-electron chi connectivity index (χ3n) is 2.34. The predicted molar refractivity (Wildman–Crippen MR) is 73.4 cm³/mol. The SMILES string of the molecule is NS(=O)(=O)Cc1ccc(NC(=O)CCOCC(F)(F)F)cc1. The summed E-state index contributed by atoms with van der Waals surface area (Å²) in [5, 5.41) is 7.34. The number of benzene rings is 1. The van der Waals surface area contributed by atoms with Crippen molar-refractivity contribution in [2.45, 2.75) is 18.3 Å². The molecular formula is C12H15F3N2O4S. The minimum atomic E-state index is -4.42. The van der Waals surface area contributed by atoms with E-state index in [1.54, 1.807) is 0 Å². The summed E-state index contributed by atoms with van der Waals surface area (Å²) in [6, 6.07) is 5.88. The number of anilines is 1. The first kappa shape index (κ1) is 18.4. The number of alkyl halides is 3. The highest BCUT2D eigenvalue weighted by atomic mass is 32.2. The monoisotopic (exact) mass is 340 g/mol. The second kappa shape index (κ2) is 7.56. The summed E-state index contributed by atoms with van der Waals surface area (Å²) < 4.78 is 61.5. The number of ether oxygens (including phenoxy) is 1. The average Bonchev–Trinajstić information content (AvgIpc) is 2.34. The van der Waals surface area contributed by atoms with E-state index in [2.05, 4.69) is 10.1 Å². The summed E-state index contributed by atoms with van der Waals surface area (Å²) in [6.45, 7) is -1.75. The van der Waals surface area contributed by atoms with E-state index in [0.29, 0.717) is 11.3 Å². The minimum Gasteiger partial charge on any atom is -0.372 e. The normalized spacial score (nSPS) is 12.2. The van der Waals surface area contributed by atoms with Gasteiger partial charge in [-0.25, -0.2) is 13.6 Å². The van der Waals surface area contributed by atoms with Crippen LogP contribution in [0.2, 0.25) is 0 Å². The number of nitrogens with two attached hydrogens (primary N) is 1.